The number of nitrogens with one attached hydrogen (secondary N) is 1. The minimum absolute atomic E-state index is 0.294. The van der Waals surface area contributed by atoms with E-state index in [2.05, 4.69) is 15.4 Å². The second-order valence-corrected chi connectivity index (χ2v) is 5.12. The van der Waals surface area contributed by atoms with Crippen molar-refractivity contribution >= 4 is 11.6 Å². The summed E-state index contributed by atoms with van der Waals surface area (Å²) in [6.07, 6.45) is 4.06. The molecule has 2 aromatic rings. The molecule has 1 aromatic carbocycles. The molecule has 1 fully saturated rings. The van der Waals surface area contributed by atoms with Crippen molar-refractivity contribution in [1.82, 2.24) is 20.1 Å². The molecule has 0 aliphatic heterocycles. The van der Waals surface area contributed by atoms with E-state index in [9.17, 15) is 4.39 Å². The molecule has 0 bridgehead atoms. The lowest BCUT2D eigenvalue weighted by molar-refractivity contribution is 0.578. The molecule has 0 unspecified atom stereocenters. The number of benzene rings is 1. The van der Waals surface area contributed by atoms with Gasteiger partial charge in [-0.05, 0) is 25.0 Å². The Bertz CT molecular complexity index is 560. The number of aromatic nitrogens is 3. The molecule has 1 aliphatic rings. The minimum atomic E-state index is -0.319. The largest absolute Gasteiger partial charge is 0.307 e. The van der Waals surface area contributed by atoms with Crippen LogP contribution in [0.1, 0.15) is 24.2 Å². The molecule has 100 valence electrons. The van der Waals surface area contributed by atoms with Gasteiger partial charge in [0.15, 0.2) is 5.82 Å². The zero-order valence-electron chi connectivity index (χ0n) is 10.3. The monoisotopic (exact) mass is 280 g/mol. The van der Waals surface area contributed by atoms with E-state index in [0.717, 1.165) is 5.82 Å². The van der Waals surface area contributed by atoms with Gasteiger partial charge in [0.05, 0.1) is 13.1 Å². The van der Waals surface area contributed by atoms with Crippen LogP contribution in [0.15, 0.2) is 24.5 Å². The van der Waals surface area contributed by atoms with Crippen LogP contribution in [0.5, 0.6) is 0 Å². The summed E-state index contributed by atoms with van der Waals surface area (Å²) in [6.45, 7) is 0.949. The van der Waals surface area contributed by atoms with E-state index in [4.69, 9.17) is 11.6 Å². The maximum atomic E-state index is 13.6. The van der Waals surface area contributed by atoms with Crippen LogP contribution in [-0.4, -0.2) is 20.8 Å². The number of halogens is 2. The first-order chi connectivity index (χ1) is 9.22. The molecule has 0 spiro atoms. The van der Waals surface area contributed by atoms with Gasteiger partial charge in [-0.3, -0.25) is 0 Å². The normalized spacial score (nSPS) is 14.8. The summed E-state index contributed by atoms with van der Waals surface area (Å²) in [5, 5.41) is 8.05. The average molecular weight is 281 g/mol. The van der Waals surface area contributed by atoms with E-state index >= 15 is 0 Å². The van der Waals surface area contributed by atoms with Gasteiger partial charge in [-0.15, -0.1) is 0 Å². The van der Waals surface area contributed by atoms with Gasteiger partial charge in [0.1, 0.15) is 12.1 Å². The van der Waals surface area contributed by atoms with Crippen LogP contribution < -0.4 is 5.32 Å². The van der Waals surface area contributed by atoms with Crippen molar-refractivity contribution in [2.45, 2.75) is 32.0 Å². The first-order valence-electron chi connectivity index (χ1n) is 6.27. The van der Waals surface area contributed by atoms with Crippen LogP contribution in [0.25, 0.3) is 0 Å². The molecular formula is C13H14ClFN4. The van der Waals surface area contributed by atoms with Gasteiger partial charge in [-0.1, -0.05) is 17.7 Å². The van der Waals surface area contributed by atoms with Gasteiger partial charge in [-0.2, -0.15) is 5.10 Å². The molecule has 0 amide bonds. The van der Waals surface area contributed by atoms with Crippen molar-refractivity contribution in [3.05, 3.63) is 46.8 Å². The summed E-state index contributed by atoms with van der Waals surface area (Å²) in [5.41, 5.74) is 0.441. The van der Waals surface area contributed by atoms with E-state index in [-0.39, 0.29) is 5.82 Å². The van der Waals surface area contributed by atoms with Crippen molar-refractivity contribution in [2.75, 3.05) is 0 Å². The summed E-state index contributed by atoms with van der Waals surface area (Å²) in [5.74, 6) is 0.403. The molecule has 6 heteroatoms. The van der Waals surface area contributed by atoms with Crippen molar-refractivity contribution < 1.29 is 4.39 Å². The number of hydrogen-bond acceptors (Lipinski definition) is 3. The summed E-state index contributed by atoms with van der Waals surface area (Å²) < 4.78 is 15.3. The van der Waals surface area contributed by atoms with Gasteiger partial charge in [0, 0.05) is 16.6 Å². The predicted molar refractivity (Wildman–Crippen MR) is 70.4 cm³/mol. The Morgan fingerprint density at radius 2 is 2.26 bits per heavy atom. The van der Waals surface area contributed by atoms with Crippen molar-refractivity contribution in [1.29, 1.82) is 0 Å². The fraction of sp³-hybridized carbons (Fsp3) is 0.385. The Balaban J connectivity index is 1.68. The lowest BCUT2D eigenvalue weighted by Gasteiger charge is -2.05. The van der Waals surface area contributed by atoms with Crippen LogP contribution in [0.3, 0.4) is 0 Å². The van der Waals surface area contributed by atoms with Gasteiger partial charge >= 0.3 is 0 Å². The zero-order valence-corrected chi connectivity index (χ0v) is 11.1. The molecule has 4 nitrogen and oxygen atoms in total. The smallest absolute Gasteiger partial charge is 0.164 e. The second-order valence-electron chi connectivity index (χ2n) is 4.71. The Morgan fingerprint density at radius 3 is 3.00 bits per heavy atom. The van der Waals surface area contributed by atoms with E-state index in [1.165, 1.54) is 18.9 Å². The predicted octanol–water partition coefficient (Wildman–Crippen LogP) is 2.37. The highest BCUT2D eigenvalue weighted by Crippen LogP contribution is 2.20. The fourth-order valence-corrected chi connectivity index (χ4v) is 2.08. The quantitative estimate of drug-likeness (QED) is 0.914. The van der Waals surface area contributed by atoms with Crippen molar-refractivity contribution in [3.63, 3.8) is 0 Å². The van der Waals surface area contributed by atoms with Crippen molar-refractivity contribution in [3.8, 4) is 0 Å². The lowest BCUT2D eigenvalue weighted by Crippen LogP contribution is -2.16. The molecule has 0 radical (unpaired) electrons. The SMILES string of the molecule is Fc1cccc(Cl)c1Cn1cnc(CNC2CC2)n1. The molecule has 1 saturated carbocycles. The van der Waals surface area contributed by atoms with Gasteiger partial charge in [-0.25, -0.2) is 14.1 Å². The Labute approximate surface area is 115 Å². The first kappa shape index (κ1) is 12.6. The summed E-state index contributed by atoms with van der Waals surface area (Å²) in [7, 11) is 0. The minimum Gasteiger partial charge on any atom is -0.307 e. The van der Waals surface area contributed by atoms with Gasteiger partial charge in [0.25, 0.3) is 0 Å². The molecule has 0 saturated heterocycles. The maximum absolute atomic E-state index is 13.6. The fourth-order valence-electron chi connectivity index (χ4n) is 1.86. The third-order valence-corrected chi connectivity index (χ3v) is 3.45. The Kier molecular flexibility index (Phi) is 3.48. The van der Waals surface area contributed by atoms with E-state index in [1.807, 2.05) is 0 Å². The molecule has 19 heavy (non-hydrogen) atoms. The lowest BCUT2D eigenvalue weighted by atomic mass is 10.2. The van der Waals surface area contributed by atoms with Crippen molar-refractivity contribution in [2.24, 2.45) is 0 Å². The molecule has 1 aromatic heterocycles. The zero-order chi connectivity index (χ0) is 13.2. The summed E-state index contributed by atoms with van der Waals surface area (Å²) in [6, 6.07) is 5.28. The average Bonchev–Trinajstić information content (AvgIpc) is 3.11. The Hall–Kier alpha value is -1.46. The molecule has 1 heterocycles. The van der Waals surface area contributed by atoms with Crippen LogP contribution in [0, 0.1) is 5.82 Å². The maximum Gasteiger partial charge on any atom is 0.164 e. The first-order valence-corrected chi connectivity index (χ1v) is 6.65. The number of hydrogen-bond donors (Lipinski definition) is 1. The van der Waals surface area contributed by atoms with E-state index in [1.54, 1.807) is 23.1 Å². The molecule has 1 aliphatic carbocycles. The topological polar surface area (TPSA) is 42.7 Å². The molecule has 1 N–H and O–H groups in total. The summed E-state index contributed by atoms with van der Waals surface area (Å²) in [4.78, 5) is 4.20. The van der Waals surface area contributed by atoms with Crippen LogP contribution in [0.2, 0.25) is 5.02 Å². The number of nitrogens with zero attached hydrogens (tertiary/aromatic N) is 3. The highest BCUT2D eigenvalue weighted by atomic mass is 35.5. The molecular weight excluding hydrogens is 267 g/mol. The summed E-state index contributed by atoms with van der Waals surface area (Å²) >= 11 is 5.98. The van der Waals surface area contributed by atoms with Gasteiger partial charge < -0.3 is 5.32 Å². The Morgan fingerprint density at radius 1 is 1.42 bits per heavy atom. The molecule has 3 rings (SSSR count). The second kappa shape index (κ2) is 5.27. The highest BCUT2D eigenvalue weighted by Gasteiger charge is 2.20. The van der Waals surface area contributed by atoms with Gasteiger partial charge in [0.2, 0.25) is 0 Å². The van der Waals surface area contributed by atoms with Crippen LogP contribution in [-0.2, 0) is 13.1 Å². The van der Waals surface area contributed by atoms with Crippen LogP contribution >= 0.6 is 11.6 Å². The standard InChI is InChI=1S/C13H14ClFN4/c14-11-2-1-3-12(15)10(11)7-19-8-17-13(18-19)6-16-9-4-5-9/h1-3,8-9,16H,4-7H2. The van der Waals surface area contributed by atoms with Crippen LogP contribution in [0.4, 0.5) is 4.39 Å². The van der Waals surface area contributed by atoms with E-state index in [0.29, 0.717) is 29.7 Å². The third-order valence-electron chi connectivity index (χ3n) is 3.09. The highest BCUT2D eigenvalue weighted by molar-refractivity contribution is 6.31. The third kappa shape index (κ3) is 3.11. The van der Waals surface area contributed by atoms with E-state index < -0.39 is 0 Å². The number of rotatable bonds is 5. The molecule has 0 atom stereocenters.